The lowest BCUT2D eigenvalue weighted by Gasteiger charge is -2.25. The predicted molar refractivity (Wildman–Crippen MR) is 57.0 cm³/mol. The molecule has 0 aliphatic rings. The molecule has 0 bridgehead atoms. The molecule has 0 atom stereocenters. The molecule has 4 heteroatoms. The Morgan fingerprint density at radius 1 is 1.47 bits per heavy atom. The van der Waals surface area contributed by atoms with Crippen molar-refractivity contribution in [3.8, 4) is 0 Å². The number of carbonyl (C=O) groups excluding carboxylic acids is 1. The summed E-state index contributed by atoms with van der Waals surface area (Å²) in [6.07, 6.45) is 0. The van der Waals surface area contributed by atoms with Crippen LogP contribution < -0.4 is 11.5 Å². The minimum Gasteiger partial charge on any atom is -0.366 e. The molecular weight excluding hydrogens is 195 g/mol. The molecule has 0 heterocycles. The van der Waals surface area contributed by atoms with E-state index in [1.54, 1.807) is 0 Å². The second-order valence-electron chi connectivity index (χ2n) is 4.14. The van der Waals surface area contributed by atoms with E-state index in [0.29, 0.717) is 17.7 Å². The van der Waals surface area contributed by atoms with Gasteiger partial charge in [0, 0.05) is 17.5 Å². The van der Waals surface area contributed by atoms with Gasteiger partial charge in [-0.15, -0.1) is 0 Å². The molecule has 3 nitrogen and oxygen atoms in total. The van der Waals surface area contributed by atoms with Crippen LogP contribution in [0.15, 0.2) is 18.2 Å². The van der Waals surface area contributed by atoms with Crippen molar-refractivity contribution < 1.29 is 9.18 Å². The molecule has 0 radical (unpaired) electrons. The van der Waals surface area contributed by atoms with Gasteiger partial charge in [-0.2, -0.15) is 0 Å². The molecule has 4 N–H and O–H groups in total. The van der Waals surface area contributed by atoms with Crippen LogP contribution in [0.5, 0.6) is 0 Å². The molecule has 0 aliphatic carbocycles. The van der Waals surface area contributed by atoms with E-state index in [1.807, 2.05) is 13.8 Å². The monoisotopic (exact) mass is 210 g/mol. The number of primary amides is 1. The highest BCUT2D eigenvalue weighted by molar-refractivity contribution is 5.94. The van der Waals surface area contributed by atoms with Crippen LogP contribution in [0.3, 0.4) is 0 Å². The van der Waals surface area contributed by atoms with Crippen LogP contribution >= 0.6 is 0 Å². The summed E-state index contributed by atoms with van der Waals surface area (Å²) in [7, 11) is 0. The van der Waals surface area contributed by atoms with Crippen molar-refractivity contribution in [3.63, 3.8) is 0 Å². The first-order valence-electron chi connectivity index (χ1n) is 4.68. The average molecular weight is 210 g/mol. The zero-order valence-electron chi connectivity index (χ0n) is 8.88. The fourth-order valence-electron chi connectivity index (χ4n) is 1.40. The van der Waals surface area contributed by atoms with E-state index in [-0.39, 0.29) is 0 Å². The molecule has 0 unspecified atom stereocenters. The maximum atomic E-state index is 13.1. The smallest absolute Gasteiger partial charge is 0.249 e. The van der Waals surface area contributed by atoms with Gasteiger partial charge in [0.05, 0.1) is 0 Å². The van der Waals surface area contributed by atoms with Gasteiger partial charge in [-0.05, 0) is 23.8 Å². The zero-order valence-corrected chi connectivity index (χ0v) is 8.88. The van der Waals surface area contributed by atoms with Crippen molar-refractivity contribution in [3.05, 3.63) is 35.1 Å². The van der Waals surface area contributed by atoms with E-state index in [0.717, 1.165) is 0 Å². The van der Waals surface area contributed by atoms with Gasteiger partial charge in [0.2, 0.25) is 5.91 Å². The van der Waals surface area contributed by atoms with Gasteiger partial charge in [-0.1, -0.05) is 13.8 Å². The Bertz CT molecular complexity index is 388. The Balaban J connectivity index is 3.37. The quantitative estimate of drug-likeness (QED) is 0.786. The molecule has 1 amide bonds. The first-order valence-corrected chi connectivity index (χ1v) is 4.68. The third-order valence-electron chi connectivity index (χ3n) is 2.49. The molecule has 1 aromatic carbocycles. The molecule has 1 rings (SSSR count). The summed E-state index contributed by atoms with van der Waals surface area (Å²) in [4.78, 5) is 11.2. The van der Waals surface area contributed by atoms with Gasteiger partial charge < -0.3 is 11.5 Å². The van der Waals surface area contributed by atoms with Gasteiger partial charge in [0.1, 0.15) is 5.82 Å². The zero-order chi connectivity index (χ0) is 11.6. The van der Waals surface area contributed by atoms with Crippen molar-refractivity contribution in [2.45, 2.75) is 19.3 Å². The van der Waals surface area contributed by atoms with Crippen molar-refractivity contribution in [2.24, 2.45) is 11.5 Å². The maximum Gasteiger partial charge on any atom is 0.249 e. The van der Waals surface area contributed by atoms with E-state index in [2.05, 4.69) is 0 Å². The van der Waals surface area contributed by atoms with Crippen molar-refractivity contribution in [1.82, 2.24) is 0 Å². The minimum absolute atomic E-state index is 0.316. The third kappa shape index (κ3) is 2.33. The molecule has 1 aromatic rings. The molecule has 0 saturated heterocycles. The number of hydrogen-bond acceptors (Lipinski definition) is 2. The molecule has 0 saturated carbocycles. The van der Waals surface area contributed by atoms with Crippen LogP contribution in [0.1, 0.15) is 29.8 Å². The molecule has 82 valence electrons. The summed E-state index contributed by atoms with van der Waals surface area (Å²) in [5.41, 5.74) is 11.2. The predicted octanol–water partition coefficient (Wildman–Crippen LogP) is 1.16. The Kier molecular flexibility index (Phi) is 3.09. The summed E-state index contributed by atoms with van der Waals surface area (Å²) in [5, 5.41) is 0. The fourth-order valence-corrected chi connectivity index (χ4v) is 1.40. The van der Waals surface area contributed by atoms with Crippen molar-refractivity contribution in [2.75, 3.05) is 6.54 Å². The standard InChI is InChI=1S/C11H15FN2O/c1-11(2,6-13)9-5-7(12)3-4-8(9)10(14)15/h3-5H,6,13H2,1-2H3,(H2,14,15). The number of hydrogen-bond donors (Lipinski definition) is 2. The lowest BCUT2D eigenvalue weighted by Crippen LogP contribution is -2.31. The van der Waals surface area contributed by atoms with Crippen molar-refractivity contribution >= 4 is 5.91 Å². The summed E-state index contributed by atoms with van der Waals surface area (Å²) < 4.78 is 13.1. The largest absolute Gasteiger partial charge is 0.366 e. The third-order valence-corrected chi connectivity index (χ3v) is 2.49. The first kappa shape index (κ1) is 11.7. The van der Waals surface area contributed by atoms with E-state index >= 15 is 0 Å². The lowest BCUT2D eigenvalue weighted by molar-refractivity contribution is 0.0998. The molecule has 15 heavy (non-hydrogen) atoms. The van der Waals surface area contributed by atoms with Crippen LogP contribution in [0.25, 0.3) is 0 Å². The molecule has 0 fully saturated rings. The second-order valence-corrected chi connectivity index (χ2v) is 4.14. The summed E-state index contributed by atoms with van der Waals surface area (Å²) in [6, 6.07) is 3.92. The summed E-state index contributed by atoms with van der Waals surface area (Å²) in [5.74, 6) is -0.956. The number of carbonyl (C=O) groups is 1. The Labute approximate surface area is 88.3 Å². The van der Waals surface area contributed by atoms with Crippen LogP contribution in [0.4, 0.5) is 4.39 Å². The van der Waals surface area contributed by atoms with Crippen LogP contribution in [0, 0.1) is 5.82 Å². The number of rotatable bonds is 3. The van der Waals surface area contributed by atoms with Crippen LogP contribution in [0.2, 0.25) is 0 Å². The number of amides is 1. The molecule has 0 spiro atoms. The van der Waals surface area contributed by atoms with Gasteiger partial charge in [-0.3, -0.25) is 4.79 Å². The van der Waals surface area contributed by atoms with E-state index in [9.17, 15) is 9.18 Å². The van der Waals surface area contributed by atoms with E-state index in [4.69, 9.17) is 11.5 Å². The maximum absolute atomic E-state index is 13.1. The number of halogens is 1. The summed E-state index contributed by atoms with van der Waals surface area (Å²) in [6.45, 7) is 4.00. The Morgan fingerprint density at radius 2 is 2.07 bits per heavy atom. The number of nitrogens with two attached hydrogens (primary N) is 2. The molecule has 0 aromatic heterocycles. The second kappa shape index (κ2) is 3.98. The van der Waals surface area contributed by atoms with Gasteiger partial charge in [0.15, 0.2) is 0 Å². The van der Waals surface area contributed by atoms with Gasteiger partial charge in [-0.25, -0.2) is 4.39 Å². The average Bonchev–Trinajstić information content (AvgIpc) is 2.17. The fraction of sp³-hybridized carbons (Fsp3) is 0.364. The first-order chi connectivity index (χ1) is 6.88. The van der Waals surface area contributed by atoms with Gasteiger partial charge in [0.25, 0.3) is 0 Å². The minimum atomic E-state index is -0.563. The molecular formula is C11H15FN2O. The topological polar surface area (TPSA) is 69.1 Å². The normalized spacial score (nSPS) is 11.5. The Hall–Kier alpha value is -1.42. The van der Waals surface area contributed by atoms with Crippen LogP contribution in [-0.2, 0) is 5.41 Å². The van der Waals surface area contributed by atoms with E-state index in [1.165, 1.54) is 18.2 Å². The van der Waals surface area contributed by atoms with Crippen molar-refractivity contribution in [1.29, 1.82) is 0 Å². The van der Waals surface area contributed by atoms with Gasteiger partial charge >= 0.3 is 0 Å². The highest BCUT2D eigenvalue weighted by atomic mass is 19.1. The Morgan fingerprint density at radius 3 is 2.53 bits per heavy atom. The SMILES string of the molecule is CC(C)(CN)c1cc(F)ccc1C(N)=O. The lowest BCUT2D eigenvalue weighted by atomic mass is 9.81. The van der Waals surface area contributed by atoms with E-state index < -0.39 is 17.1 Å². The highest BCUT2D eigenvalue weighted by Gasteiger charge is 2.24. The molecule has 0 aliphatic heterocycles. The number of benzene rings is 1. The summed E-state index contributed by atoms with van der Waals surface area (Å²) >= 11 is 0. The highest BCUT2D eigenvalue weighted by Crippen LogP contribution is 2.26. The van der Waals surface area contributed by atoms with Crippen LogP contribution in [-0.4, -0.2) is 12.5 Å².